The molecule has 2 aliphatic rings. The van der Waals surface area contributed by atoms with Gasteiger partial charge in [-0.15, -0.1) is 0 Å². The van der Waals surface area contributed by atoms with Crippen molar-refractivity contribution in [3.63, 3.8) is 0 Å². The van der Waals surface area contributed by atoms with Crippen molar-refractivity contribution in [1.29, 1.82) is 0 Å². The minimum atomic E-state index is -0.558. The number of fused-ring (bicyclic) bond motifs is 1. The predicted molar refractivity (Wildman–Crippen MR) is 70.4 cm³/mol. The molecule has 1 aromatic carbocycles. The molecule has 5 heteroatoms. The number of hydrogen-bond acceptors (Lipinski definition) is 4. The number of amides is 1. The van der Waals surface area contributed by atoms with E-state index in [4.69, 9.17) is 9.47 Å². The van der Waals surface area contributed by atoms with Gasteiger partial charge < -0.3 is 20.1 Å². The maximum atomic E-state index is 12.1. The molecule has 1 amide bonds. The van der Waals surface area contributed by atoms with Gasteiger partial charge in [0.1, 0.15) is 6.61 Å². The molecular formula is C14H18N2O3. The van der Waals surface area contributed by atoms with E-state index in [0.717, 1.165) is 25.9 Å². The minimum Gasteiger partial charge on any atom is -0.485 e. The van der Waals surface area contributed by atoms with Gasteiger partial charge in [-0.05, 0) is 31.5 Å². The van der Waals surface area contributed by atoms with E-state index in [0.29, 0.717) is 11.5 Å². The molecule has 1 saturated heterocycles. The molecule has 0 aliphatic carbocycles. The van der Waals surface area contributed by atoms with Crippen LogP contribution in [0.15, 0.2) is 24.3 Å². The zero-order chi connectivity index (χ0) is 13.1. The zero-order valence-electron chi connectivity index (χ0n) is 10.7. The van der Waals surface area contributed by atoms with Crippen LogP contribution in [-0.2, 0) is 4.79 Å². The van der Waals surface area contributed by atoms with Crippen molar-refractivity contribution in [3.8, 4) is 11.5 Å². The maximum absolute atomic E-state index is 12.1. The van der Waals surface area contributed by atoms with Crippen molar-refractivity contribution in [1.82, 2.24) is 10.6 Å². The predicted octanol–water partition coefficient (Wildman–Crippen LogP) is 0.695. The van der Waals surface area contributed by atoms with E-state index in [9.17, 15) is 4.79 Å². The number of para-hydroxylation sites is 2. The van der Waals surface area contributed by atoms with Gasteiger partial charge in [0.15, 0.2) is 11.5 Å². The van der Waals surface area contributed by atoms with E-state index >= 15 is 0 Å². The van der Waals surface area contributed by atoms with Crippen LogP contribution in [0.1, 0.15) is 12.8 Å². The number of rotatable bonds is 2. The minimum absolute atomic E-state index is 0.0943. The molecule has 102 valence electrons. The Morgan fingerprint density at radius 3 is 2.95 bits per heavy atom. The number of ether oxygens (including phenoxy) is 2. The number of hydrogen-bond donors (Lipinski definition) is 2. The summed E-state index contributed by atoms with van der Waals surface area (Å²) in [5.74, 6) is 1.24. The molecule has 0 bridgehead atoms. The van der Waals surface area contributed by atoms with Crippen molar-refractivity contribution in [2.24, 2.45) is 0 Å². The maximum Gasteiger partial charge on any atom is 0.264 e. The lowest BCUT2D eigenvalue weighted by atomic mass is 10.1. The SMILES string of the molecule is O=C(N[C@@H]1CCCNC1)[C@@H]1COc2ccccc2O1. The molecule has 0 radical (unpaired) electrons. The highest BCUT2D eigenvalue weighted by Crippen LogP contribution is 2.30. The van der Waals surface area contributed by atoms with E-state index in [2.05, 4.69) is 10.6 Å². The normalized spacial score (nSPS) is 25.7. The Labute approximate surface area is 112 Å². The van der Waals surface area contributed by atoms with Gasteiger partial charge in [-0.2, -0.15) is 0 Å². The fraction of sp³-hybridized carbons (Fsp3) is 0.500. The largest absolute Gasteiger partial charge is 0.485 e. The Balaban J connectivity index is 1.59. The second-order valence-corrected chi connectivity index (χ2v) is 4.92. The third-order valence-corrected chi connectivity index (χ3v) is 3.44. The number of nitrogens with one attached hydrogen (secondary N) is 2. The summed E-state index contributed by atoms with van der Waals surface area (Å²) in [6.07, 6.45) is 1.55. The first-order chi connectivity index (χ1) is 9.33. The van der Waals surface area contributed by atoms with Gasteiger partial charge in [0, 0.05) is 12.6 Å². The molecule has 2 heterocycles. The number of benzene rings is 1. The second kappa shape index (κ2) is 5.48. The lowest BCUT2D eigenvalue weighted by Gasteiger charge is -2.29. The van der Waals surface area contributed by atoms with Gasteiger partial charge in [0.2, 0.25) is 6.10 Å². The van der Waals surface area contributed by atoms with E-state index in [1.54, 1.807) is 0 Å². The fourth-order valence-corrected chi connectivity index (χ4v) is 2.42. The molecule has 1 aromatic rings. The molecule has 0 spiro atoms. The average molecular weight is 262 g/mol. The molecule has 0 unspecified atom stereocenters. The topological polar surface area (TPSA) is 59.6 Å². The summed E-state index contributed by atoms with van der Waals surface area (Å²) in [5.41, 5.74) is 0. The molecule has 2 atom stereocenters. The summed E-state index contributed by atoms with van der Waals surface area (Å²) < 4.78 is 11.2. The summed E-state index contributed by atoms with van der Waals surface area (Å²) in [5, 5.41) is 6.28. The smallest absolute Gasteiger partial charge is 0.264 e. The van der Waals surface area contributed by atoms with Crippen molar-refractivity contribution < 1.29 is 14.3 Å². The Kier molecular flexibility index (Phi) is 3.55. The van der Waals surface area contributed by atoms with Gasteiger partial charge in [-0.3, -0.25) is 4.79 Å². The molecular weight excluding hydrogens is 244 g/mol. The van der Waals surface area contributed by atoms with Gasteiger partial charge in [0.25, 0.3) is 5.91 Å². The third-order valence-electron chi connectivity index (χ3n) is 3.44. The van der Waals surface area contributed by atoms with Crippen LogP contribution in [0.2, 0.25) is 0 Å². The quantitative estimate of drug-likeness (QED) is 0.823. The Bertz CT molecular complexity index is 458. The van der Waals surface area contributed by atoms with Crippen LogP contribution in [-0.4, -0.2) is 37.7 Å². The summed E-state index contributed by atoms with van der Waals surface area (Å²) in [4.78, 5) is 12.1. The summed E-state index contributed by atoms with van der Waals surface area (Å²) in [6, 6.07) is 7.61. The molecule has 2 N–H and O–H groups in total. The third kappa shape index (κ3) is 2.81. The molecule has 0 saturated carbocycles. The van der Waals surface area contributed by atoms with Crippen molar-refractivity contribution in [3.05, 3.63) is 24.3 Å². The molecule has 1 fully saturated rings. The van der Waals surface area contributed by atoms with Crippen molar-refractivity contribution >= 4 is 5.91 Å². The summed E-state index contributed by atoms with van der Waals surface area (Å²) >= 11 is 0. The molecule has 5 nitrogen and oxygen atoms in total. The first-order valence-electron chi connectivity index (χ1n) is 6.72. The van der Waals surface area contributed by atoms with Crippen LogP contribution >= 0.6 is 0 Å². The Hall–Kier alpha value is -1.75. The number of carbonyl (C=O) groups is 1. The highest BCUT2D eigenvalue weighted by Gasteiger charge is 2.28. The van der Waals surface area contributed by atoms with Crippen molar-refractivity contribution in [2.45, 2.75) is 25.0 Å². The van der Waals surface area contributed by atoms with Crippen molar-refractivity contribution in [2.75, 3.05) is 19.7 Å². The van der Waals surface area contributed by atoms with Gasteiger partial charge in [-0.25, -0.2) is 0 Å². The number of carbonyl (C=O) groups excluding carboxylic acids is 1. The van der Waals surface area contributed by atoms with Crippen LogP contribution in [0.4, 0.5) is 0 Å². The van der Waals surface area contributed by atoms with E-state index in [1.807, 2.05) is 24.3 Å². The zero-order valence-corrected chi connectivity index (χ0v) is 10.7. The fourth-order valence-electron chi connectivity index (χ4n) is 2.42. The van der Waals surface area contributed by atoms with E-state index in [1.165, 1.54) is 0 Å². The molecule has 2 aliphatic heterocycles. The Morgan fingerprint density at radius 2 is 2.16 bits per heavy atom. The Morgan fingerprint density at radius 1 is 1.32 bits per heavy atom. The van der Waals surface area contributed by atoms with Crippen LogP contribution in [0.25, 0.3) is 0 Å². The van der Waals surface area contributed by atoms with Gasteiger partial charge in [-0.1, -0.05) is 12.1 Å². The van der Waals surface area contributed by atoms with Gasteiger partial charge in [0.05, 0.1) is 0 Å². The standard InChI is InChI=1S/C14H18N2O3/c17-14(16-10-4-3-7-15-8-10)13-9-18-11-5-1-2-6-12(11)19-13/h1-2,5-6,10,13,15H,3-4,7-9H2,(H,16,17)/t10-,13+/m1/s1. The highest BCUT2D eigenvalue weighted by molar-refractivity contribution is 5.82. The second-order valence-electron chi connectivity index (χ2n) is 4.92. The number of piperidine rings is 1. The summed E-state index contributed by atoms with van der Waals surface area (Å²) in [6.45, 7) is 2.13. The van der Waals surface area contributed by atoms with Crippen LogP contribution in [0.5, 0.6) is 11.5 Å². The lowest BCUT2D eigenvalue weighted by Crippen LogP contribution is -2.51. The van der Waals surface area contributed by atoms with Crippen LogP contribution in [0.3, 0.4) is 0 Å². The van der Waals surface area contributed by atoms with Crippen LogP contribution in [0, 0.1) is 0 Å². The average Bonchev–Trinajstić information content (AvgIpc) is 2.48. The first-order valence-corrected chi connectivity index (χ1v) is 6.72. The molecule has 0 aromatic heterocycles. The molecule has 3 rings (SSSR count). The lowest BCUT2D eigenvalue weighted by molar-refractivity contribution is -0.131. The highest BCUT2D eigenvalue weighted by atomic mass is 16.6. The first kappa shape index (κ1) is 12.3. The molecule has 19 heavy (non-hydrogen) atoms. The van der Waals surface area contributed by atoms with E-state index in [-0.39, 0.29) is 18.6 Å². The van der Waals surface area contributed by atoms with Crippen LogP contribution < -0.4 is 20.1 Å². The summed E-state index contributed by atoms with van der Waals surface area (Å²) in [7, 11) is 0. The van der Waals surface area contributed by atoms with E-state index < -0.39 is 6.10 Å². The van der Waals surface area contributed by atoms with Gasteiger partial charge >= 0.3 is 0 Å². The monoisotopic (exact) mass is 262 g/mol.